The van der Waals surface area contributed by atoms with Crippen LogP contribution < -0.4 is 5.73 Å². The summed E-state index contributed by atoms with van der Waals surface area (Å²) in [6, 6.07) is 4.19. The maximum absolute atomic E-state index is 12.4. The second kappa shape index (κ2) is 4.94. The second-order valence-corrected chi connectivity index (χ2v) is 7.87. The Bertz CT molecular complexity index is 462. The van der Waals surface area contributed by atoms with Gasteiger partial charge in [-0.15, -0.1) is 11.3 Å². The zero-order valence-corrected chi connectivity index (χ0v) is 12.5. The van der Waals surface area contributed by atoms with Crippen LogP contribution >= 0.6 is 27.3 Å². The van der Waals surface area contributed by atoms with Crippen molar-refractivity contribution in [2.24, 2.45) is 17.6 Å². The first-order valence-corrected chi connectivity index (χ1v) is 8.04. The van der Waals surface area contributed by atoms with Gasteiger partial charge in [-0.3, -0.25) is 4.79 Å². The first-order valence-electron chi connectivity index (χ1n) is 6.43. The highest BCUT2D eigenvalue weighted by atomic mass is 79.9. The third-order valence-electron chi connectivity index (χ3n) is 4.16. The Hall–Kier alpha value is -0.390. The molecule has 3 rings (SSSR count). The molecule has 0 spiro atoms. The van der Waals surface area contributed by atoms with Gasteiger partial charge in [0.05, 0.1) is 8.66 Å². The predicted molar refractivity (Wildman–Crippen MR) is 76.7 cm³/mol. The summed E-state index contributed by atoms with van der Waals surface area (Å²) in [6.07, 6.45) is 3.39. The lowest BCUT2D eigenvalue weighted by atomic mass is 9.79. The molecule has 2 N–H and O–H groups in total. The number of carbonyl (C=O) groups is 1. The molecular formula is C13H17BrN2OS. The van der Waals surface area contributed by atoms with E-state index >= 15 is 0 Å². The van der Waals surface area contributed by atoms with Crippen LogP contribution in [0.4, 0.5) is 0 Å². The summed E-state index contributed by atoms with van der Waals surface area (Å²) in [7, 11) is 0. The number of carbonyl (C=O) groups excluding carboxylic acids is 1. The number of likely N-dealkylation sites (tertiary alicyclic amines) is 1. The Morgan fingerprint density at radius 2 is 2.11 bits per heavy atom. The van der Waals surface area contributed by atoms with Crippen molar-refractivity contribution in [2.75, 3.05) is 13.1 Å². The Balaban J connectivity index is 1.70. The van der Waals surface area contributed by atoms with E-state index in [1.54, 1.807) is 0 Å². The summed E-state index contributed by atoms with van der Waals surface area (Å²) in [6.45, 7) is 1.82. The van der Waals surface area contributed by atoms with Gasteiger partial charge in [0.2, 0.25) is 0 Å². The van der Waals surface area contributed by atoms with Gasteiger partial charge in [0, 0.05) is 19.1 Å². The summed E-state index contributed by atoms with van der Waals surface area (Å²) in [5.41, 5.74) is 6.02. The van der Waals surface area contributed by atoms with E-state index in [9.17, 15) is 4.79 Å². The standard InChI is InChI=1S/C13H17BrN2OS/c14-12-4-3-11(18-12)13(17)16-6-8-1-2-10(15)5-9(8)7-16/h3-4,8-10H,1-2,5-7,15H2/t8-,9+,10?/m1/s1. The molecule has 98 valence electrons. The molecule has 1 aromatic rings. The average Bonchev–Trinajstić information content (AvgIpc) is 2.93. The van der Waals surface area contributed by atoms with Crippen LogP contribution in [0.25, 0.3) is 0 Å². The summed E-state index contributed by atoms with van der Waals surface area (Å²) in [5, 5.41) is 0. The molecule has 1 unspecified atom stereocenters. The summed E-state index contributed by atoms with van der Waals surface area (Å²) >= 11 is 4.93. The number of thiophene rings is 1. The molecule has 3 atom stereocenters. The van der Waals surface area contributed by atoms with Crippen molar-refractivity contribution in [1.29, 1.82) is 0 Å². The van der Waals surface area contributed by atoms with Gasteiger partial charge in [-0.25, -0.2) is 0 Å². The molecule has 1 aromatic heterocycles. The van der Waals surface area contributed by atoms with Crippen molar-refractivity contribution in [3.05, 3.63) is 20.8 Å². The minimum absolute atomic E-state index is 0.189. The third kappa shape index (κ3) is 2.36. The molecule has 0 aromatic carbocycles. The fraction of sp³-hybridized carbons (Fsp3) is 0.615. The Morgan fingerprint density at radius 3 is 2.83 bits per heavy atom. The van der Waals surface area contributed by atoms with Gasteiger partial charge >= 0.3 is 0 Å². The first kappa shape index (κ1) is 12.6. The minimum Gasteiger partial charge on any atom is -0.337 e. The Morgan fingerprint density at radius 1 is 1.33 bits per heavy atom. The number of halogens is 1. The number of rotatable bonds is 1. The SMILES string of the molecule is NC1CC[C@@H]2CN(C(=O)c3ccc(Br)s3)C[C@@H]2C1. The van der Waals surface area contributed by atoms with Crippen LogP contribution in [0.3, 0.4) is 0 Å². The van der Waals surface area contributed by atoms with E-state index in [1.165, 1.54) is 17.8 Å². The molecule has 18 heavy (non-hydrogen) atoms. The highest BCUT2D eigenvalue weighted by Gasteiger charge is 2.38. The molecular weight excluding hydrogens is 312 g/mol. The fourth-order valence-electron chi connectivity index (χ4n) is 3.22. The normalized spacial score (nSPS) is 31.4. The van der Waals surface area contributed by atoms with Gasteiger partial charge in [-0.05, 0) is 59.2 Å². The topological polar surface area (TPSA) is 46.3 Å². The Kier molecular flexibility index (Phi) is 3.47. The van der Waals surface area contributed by atoms with E-state index in [1.807, 2.05) is 17.0 Å². The Labute approximate surface area is 119 Å². The smallest absolute Gasteiger partial charge is 0.263 e. The molecule has 5 heteroatoms. The summed E-state index contributed by atoms with van der Waals surface area (Å²) in [4.78, 5) is 15.2. The van der Waals surface area contributed by atoms with Crippen LogP contribution in [0.5, 0.6) is 0 Å². The lowest BCUT2D eigenvalue weighted by molar-refractivity contribution is 0.0788. The predicted octanol–water partition coefficient (Wildman–Crippen LogP) is 2.71. The molecule has 1 saturated heterocycles. The van der Waals surface area contributed by atoms with Gasteiger partial charge in [0.15, 0.2) is 0 Å². The molecule has 1 aliphatic heterocycles. The highest BCUT2D eigenvalue weighted by Crippen LogP contribution is 2.36. The molecule has 1 saturated carbocycles. The van der Waals surface area contributed by atoms with Crippen LogP contribution in [-0.4, -0.2) is 29.9 Å². The van der Waals surface area contributed by atoms with E-state index < -0.39 is 0 Å². The second-order valence-electron chi connectivity index (χ2n) is 5.41. The van der Waals surface area contributed by atoms with E-state index in [0.717, 1.165) is 34.6 Å². The lowest BCUT2D eigenvalue weighted by Gasteiger charge is -2.27. The number of hydrogen-bond acceptors (Lipinski definition) is 3. The number of nitrogens with two attached hydrogens (primary N) is 1. The fourth-order valence-corrected chi connectivity index (χ4v) is 4.57. The van der Waals surface area contributed by atoms with E-state index in [-0.39, 0.29) is 5.91 Å². The summed E-state index contributed by atoms with van der Waals surface area (Å²) in [5.74, 6) is 1.49. The van der Waals surface area contributed by atoms with Gasteiger partial charge < -0.3 is 10.6 Å². The van der Waals surface area contributed by atoms with Crippen molar-refractivity contribution < 1.29 is 4.79 Å². The van der Waals surface area contributed by atoms with Crippen molar-refractivity contribution >= 4 is 33.2 Å². The van der Waals surface area contributed by atoms with E-state index in [4.69, 9.17) is 5.73 Å². The molecule has 3 nitrogen and oxygen atoms in total. The first-order chi connectivity index (χ1) is 8.63. The molecule has 0 bridgehead atoms. The van der Waals surface area contributed by atoms with Crippen LogP contribution in [-0.2, 0) is 0 Å². The van der Waals surface area contributed by atoms with Crippen LogP contribution in [0.1, 0.15) is 28.9 Å². The van der Waals surface area contributed by atoms with Crippen LogP contribution in [0.15, 0.2) is 15.9 Å². The van der Waals surface area contributed by atoms with E-state index in [2.05, 4.69) is 15.9 Å². The van der Waals surface area contributed by atoms with Gasteiger partial charge in [0.1, 0.15) is 0 Å². The zero-order valence-electron chi connectivity index (χ0n) is 10.1. The maximum Gasteiger partial charge on any atom is 0.263 e. The molecule has 0 radical (unpaired) electrons. The molecule has 2 heterocycles. The van der Waals surface area contributed by atoms with Crippen LogP contribution in [0.2, 0.25) is 0 Å². The number of amides is 1. The molecule has 2 fully saturated rings. The van der Waals surface area contributed by atoms with Crippen molar-refractivity contribution in [2.45, 2.75) is 25.3 Å². The quantitative estimate of drug-likeness (QED) is 0.861. The van der Waals surface area contributed by atoms with Crippen molar-refractivity contribution in [3.8, 4) is 0 Å². The van der Waals surface area contributed by atoms with Gasteiger partial charge in [-0.2, -0.15) is 0 Å². The lowest BCUT2D eigenvalue weighted by Crippen LogP contribution is -2.32. The van der Waals surface area contributed by atoms with Crippen molar-refractivity contribution in [3.63, 3.8) is 0 Å². The molecule has 1 aliphatic carbocycles. The maximum atomic E-state index is 12.4. The summed E-state index contributed by atoms with van der Waals surface area (Å²) < 4.78 is 1.02. The van der Waals surface area contributed by atoms with Crippen molar-refractivity contribution in [1.82, 2.24) is 4.90 Å². The van der Waals surface area contributed by atoms with Gasteiger partial charge in [-0.1, -0.05) is 0 Å². The average molecular weight is 329 g/mol. The molecule has 1 amide bonds. The minimum atomic E-state index is 0.189. The van der Waals surface area contributed by atoms with Crippen LogP contribution in [0, 0.1) is 11.8 Å². The number of hydrogen-bond donors (Lipinski definition) is 1. The van der Waals surface area contributed by atoms with E-state index in [0.29, 0.717) is 17.9 Å². The number of fused-ring (bicyclic) bond motifs is 1. The molecule has 2 aliphatic rings. The third-order valence-corrected chi connectivity index (χ3v) is 5.77. The highest BCUT2D eigenvalue weighted by molar-refractivity contribution is 9.11. The van der Waals surface area contributed by atoms with Gasteiger partial charge in [0.25, 0.3) is 5.91 Å². The number of nitrogens with zero attached hydrogens (tertiary/aromatic N) is 1. The zero-order chi connectivity index (χ0) is 12.7. The monoisotopic (exact) mass is 328 g/mol. The largest absolute Gasteiger partial charge is 0.337 e.